The first-order valence-corrected chi connectivity index (χ1v) is 7.92. The molecule has 110 valence electrons. The van der Waals surface area contributed by atoms with Gasteiger partial charge in [0.2, 0.25) is 15.9 Å². The maximum Gasteiger partial charge on any atom is 0.322 e. The Bertz CT molecular complexity index is 457. The summed E-state index contributed by atoms with van der Waals surface area (Å²) in [6, 6.07) is -1.04. The van der Waals surface area contributed by atoms with E-state index in [0.29, 0.717) is 12.8 Å². The summed E-state index contributed by atoms with van der Waals surface area (Å²) >= 11 is 0. The van der Waals surface area contributed by atoms with Crippen LogP contribution in [0.1, 0.15) is 32.1 Å². The van der Waals surface area contributed by atoms with Crippen LogP contribution in [0.3, 0.4) is 0 Å². The quantitative estimate of drug-likeness (QED) is 0.848. The van der Waals surface area contributed by atoms with E-state index in [1.54, 1.807) is 0 Å². The number of aliphatic carboxylic acids is 1. The predicted molar refractivity (Wildman–Crippen MR) is 63.4 cm³/mol. The van der Waals surface area contributed by atoms with E-state index in [1.807, 2.05) is 0 Å². The van der Waals surface area contributed by atoms with Gasteiger partial charge in [-0.15, -0.1) is 0 Å². The molecule has 1 aliphatic carbocycles. The number of sulfonamides is 1. The van der Waals surface area contributed by atoms with E-state index in [4.69, 9.17) is 5.11 Å². The van der Waals surface area contributed by atoms with E-state index in [0.717, 1.165) is 4.31 Å². The lowest BCUT2D eigenvalue weighted by molar-refractivity contribution is -0.142. The van der Waals surface area contributed by atoms with E-state index in [1.165, 1.54) is 0 Å². The minimum atomic E-state index is -3.77. The van der Waals surface area contributed by atoms with Crippen LogP contribution in [0.2, 0.25) is 0 Å². The summed E-state index contributed by atoms with van der Waals surface area (Å²) in [4.78, 5) is 11.1. The number of carboxylic acids is 1. The second kappa shape index (κ2) is 4.97. The van der Waals surface area contributed by atoms with Gasteiger partial charge in [0.15, 0.2) is 0 Å². The van der Waals surface area contributed by atoms with Crippen LogP contribution in [0, 0.1) is 5.92 Å². The number of alkyl halides is 2. The van der Waals surface area contributed by atoms with Gasteiger partial charge in [0.05, 0.1) is 5.75 Å². The number of nitrogens with zero attached hydrogens (tertiary/aromatic N) is 1. The Labute approximate surface area is 110 Å². The maximum atomic E-state index is 12.7. The van der Waals surface area contributed by atoms with Gasteiger partial charge in [-0.1, -0.05) is 0 Å². The van der Waals surface area contributed by atoms with Crippen molar-refractivity contribution in [3.8, 4) is 0 Å². The zero-order chi connectivity index (χ0) is 14.3. The lowest BCUT2D eigenvalue weighted by Gasteiger charge is -2.38. The average Bonchev–Trinajstić information content (AvgIpc) is 2.26. The van der Waals surface area contributed by atoms with E-state index < -0.39 is 46.7 Å². The second-order valence-corrected chi connectivity index (χ2v) is 7.34. The van der Waals surface area contributed by atoms with Gasteiger partial charge in [-0.25, -0.2) is 17.2 Å². The van der Waals surface area contributed by atoms with Crippen LogP contribution in [0.5, 0.6) is 0 Å². The van der Waals surface area contributed by atoms with Crippen molar-refractivity contribution in [1.82, 2.24) is 4.31 Å². The molecule has 1 unspecified atom stereocenters. The summed E-state index contributed by atoms with van der Waals surface area (Å²) < 4.78 is 50.7. The van der Waals surface area contributed by atoms with Crippen molar-refractivity contribution in [2.24, 2.45) is 5.92 Å². The molecule has 1 saturated carbocycles. The Kier molecular flexibility index (Phi) is 3.83. The molecule has 2 aliphatic rings. The van der Waals surface area contributed by atoms with Crippen LogP contribution in [-0.2, 0) is 14.8 Å². The Morgan fingerprint density at radius 2 is 1.95 bits per heavy atom. The number of halogens is 2. The lowest BCUT2D eigenvalue weighted by Crippen LogP contribution is -2.51. The smallest absolute Gasteiger partial charge is 0.322 e. The zero-order valence-corrected chi connectivity index (χ0v) is 11.2. The molecule has 0 radical (unpaired) electrons. The number of carbonyl (C=O) groups is 1. The SMILES string of the molecule is O=C(O)C1CCCCN1S(=O)(=O)CC1CC(F)(F)C1. The van der Waals surface area contributed by atoms with Crippen molar-refractivity contribution in [3.63, 3.8) is 0 Å². The predicted octanol–water partition coefficient (Wildman–Crippen LogP) is 1.30. The second-order valence-electron chi connectivity index (χ2n) is 5.37. The van der Waals surface area contributed by atoms with Gasteiger partial charge >= 0.3 is 5.97 Å². The molecule has 0 amide bonds. The highest BCUT2D eigenvalue weighted by Gasteiger charge is 2.48. The molecule has 5 nitrogen and oxygen atoms in total. The largest absolute Gasteiger partial charge is 0.480 e. The van der Waals surface area contributed by atoms with Crippen molar-refractivity contribution >= 4 is 16.0 Å². The van der Waals surface area contributed by atoms with Crippen LogP contribution in [0.15, 0.2) is 0 Å². The van der Waals surface area contributed by atoms with E-state index >= 15 is 0 Å². The van der Waals surface area contributed by atoms with Gasteiger partial charge in [0.1, 0.15) is 6.04 Å². The van der Waals surface area contributed by atoms with Crippen LogP contribution >= 0.6 is 0 Å². The fourth-order valence-corrected chi connectivity index (χ4v) is 4.79. The Balaban J connectivity index is 2.03. The molecule has 0 aromatic heterocycles. The Morgan fingerprint density at radius 1 is 1.32 bits per heavy atom. The first-order valence-electron chi connectivity index (χ1n) is 6.31. The molecular weight excluding hydrogens is 280 g/mol. The van der Waals surface area contributed by atoms with Crippen LogP contribution in [0.25, 0.3) is 0 Å². The topological polar surface area (TPSA) is 74.7 Å². The third-order valence-electron chi connectivity index (χ3n) is 3.72. The Morgan fingerprint density at radius 3 is 2.47 bits per heavy atom. The number of hydrogen-bond acceptors (Lipinski definition) is 3. The minimum Gasteiger partial charge on any atom is -0.480 e. The Hall–Kier alpha value is -0.760. The average molecular weight is 297 g/mol. The summed E-state index contributed by atoms with van der Waals surface area (Å²) in [5, 5.41) is 9.03. The number of rotatable bonds is 4. The first-order chi connectivity index (χ1) is 8.71. The fraction of sp³-hybridized carbons (Fsp3) is 0.909. The molecule has 0 bridgehead atoms. The van der Waals surface area contributed by atoms with Gasteiger partial charge in [-0.2, -0.15) is 4.31 Å². The standard InChI is InChI=1S/C11H17F2NO4S/c12-11(13)5-8(6-11)7-19(17,18)14-4-2-1-3-9(14)10(15)16/h8-9H,1-7H2,(H,15,16). The maximum absolute atomic E-state index is 12.7. The molecular formula is C11H17F2NO4S. The van der Waals surface area contributed by atoms with E-state index in [9.17, 15) is 22.0 Å². The fourth-order valence-electron chi connectivity index (χ4n) is 2.78. The molecule has 1 heterocycles. The molecule has 2 fully saturated rings. The van der Waals surface area contributed by atoms with Crippen LogP contribution in [0.4, 0.5) is 8.78 Å². The third kappa shape index (κ3) is 3.22. The van der Waals surface area contributed by atoms with Gasteiger partial charge < -0.3 is 5.11 Å². The van der Waals surface area contributed by atoms with Crippen molar-refractivity contribution in [3.05, 3.63) is 0 Å². The number of piperidine rings is 1. The number of hydrogen-bond donors (Lipinski definition) is 1. The molecule has 19 heavy (non-hydrogen) atoms. The minimum absolute atomic E-state index is 0.169. The van der Waals surface area contributed by atoms with Gasteiger partial charge in [0, 0.05) is 19.4 Å². The summed E-state index contributed by atoms with van der Waals surface area (Å²) in [5.41, 5.74) is 0. The number of carboxylic acid groups (broad SMARTS) is 1. The molecule has 0 spiro atoms. The highest BCUT2D eigenvalue weighted by Crippen LogP contribution is 2.43. The van der Waals surface area contributed by atoms with Crippen molar-refractivity contribution in [2.45, 2.75) is 44.1 Å². The molecule has 1 saturated heterocycles. The normalized spacial score (nSPS) is 28.8. The molecule has 2 rings (SSSR count). The highest BCUT2D eigenvalue weighted by molar-refractivity contribution is 7.89. The third-order valence-corrected chi connectivity index (χ3v) is 5.76. The summed E-state index contributed by atoms with van der Waals surface area (Å²) in [5.74, 6) is -4.85. The van der Waals surface area contributed by atoms with Crippen molar-refractivity contribution in [1.29, 1.82) is 0 Å². The monoisotopic (exact) mass is 297 g/mol. The summed E-state index contributed by atoms with van der Waals surface area (Å²) in [6.45, 7) is 0.169. The van der Waals surface area contributed by atoms with Crippen molar-refractivity contribution < 1.29 is 27.1 Å². The molecule has 1 aliphatic heterocycles. The van der Waals surface area contributed by atoms with Crippen LogP contribution in [-0.4, -0.2) is 48.1 Å². The van der Waals surface area contributed by atoms with E-state index in [2.05, 4.69) is 0 Å². The highest BCUT2D eigenvalue weighted by atomic mass is 32.2. The molecule has 8 heteroatoms. The first kappa shape index (κ1) is 14.6. The van der Waals surface area contributed by atoms with E-state index in [-0.39, 0.29) is 18.7 Å². The van der Waals surface area contributed by atoms with Gasteiger partial charge in [-0.05, 0) is 25.2 Å². The van der Waals surface area contributed by atoms with Crippen molar-refractivity contribution in [2.75, 3.05) is 12.3 Å². The molecule has 0 aromatic carbocycles. The molecule has 1 atom stereocenters. The molecule has 0 aromatic rings. The molecule has 1 N–H and O–H groups in total. The van der Waals surface area contributed by atoms with Gasteiger partial charge in [0.25, 0.3) is 0 Å². The summed E-state index contributed by atoms with van der Waals surface area (Å²) in [6.07, 6.45) is 0.735. The zero-order valence-electron chi connectivity index (χ0n) is 10.4. The van der Waals surface area contributed by atoms with Crippen LogP contribution < -0.4 is 0 Å². The lowest BCUT2D eigenvalue weighted by atomic mass is 9.83. The van der Waals surface area contributed by atoms with Gasteiger partial charge in [-0.3, -0.25) is 4.79 Å². The summed E-state index contributed by atoms with van der Waals surface area (Å²) in [7, 11) is -3.77.